The first kappa shape index (κ1) is 21.5. The summed E-state index contributed by atoms with van der Waals surface area (Å²) in [6.45, 7) is 5.28. The maximum absolute atomic E-state index is 13.1. The number of nitrogens with one attached hydrogen (secondary N) is 2. The third-order valence-electron chi connectivity index (χ3n) is 7.32. The summed E-state index contributed by atoms with van der Waals surface area (Å²) < 4.78 is 6.50. The van der Waals surface area contributed by atoms with Crippen molar-refractivity contribution < 1.29 is 9.53 Å². The second-order valence-corrected chi connectivity index (χ2v) is 9.76. The summed E-state index contributed by atoms with van der Waals surface area (Å²) in [5.74, 6) is 1.24. The summed E-state index contributed by atoms with van der Waals surface area (Å²) >= 11 is 0. The van der Waals surface area contributed by atoms with Crippen LogP contribution in [-0.4, -0.2) is 42.6 Å². The third kappa shape index (κ3) is 5.00. The minimum atomic E-state index is -0.140. The number of carbonyl (C=O) groups excluding carboxylic acids is 1. The molecule has 1 atom stereocenters. The lowest BCUT2D eigenvalue weighted by molar-refractivity contribution is -0.117. The van der Waals surface area contributed by atoms with Crippen LogP contribution in [0.1, 0.15) is 62.0 Å². The molecule has 3 heterocycles. The smallest absolute Gasteiger partial charge is 0.224 e. The van der Waals surface area contributed by atoms with Crippen molar-refractivity contribution in [3.05, 3.63) is 59.7 Å². The zero-order valence-corrected chi connectivity index (χ0v) is 18.9. The summed E-state index contributed by atoms with van der Waals surface area (Å²) in [4.78, 5) is 15.6. The fourth-order valence-electron chi connectivity index (χ4n) is 5.67. The number of hydrogen-bond donors (Lipinski definition) is 2. The van der Waals surface area contributed by atoms with E-state index in [4.69, 9.17) is 4.74 Å². The Morgan fingerprint density at radius 1 is 1.06 bits per heavy atom. The van der Waals surface area contributed by atoms with Crippen LogP contribution in [0, 0.1) is 0 Å². The number of hydrogen-bond acceptors (Lipinski definition) is 4. The van der Waals surface area contributed by atoms with E-state index in [0.717, 1.165) is 50.3 Å². The topological polar surface area (TPSA) is 53.6 Å². The van der Waals surface area contributed by atoms with Crippen molar-refractivity contribution in [3.63, 3.8) is 0 Å². The molecule has 0 saturated carbocycles. The maximum atomic E-state index is 13.1. The van der Waals surface area contributed by atoms with Gasteiger partial charge >= 0.3 is 0 Å². The van der Waals surface area contributed by atoms with Crippen LogP contribution in [0.2, 0.25) is 0 Å². The number of anilines is 1. The first-order chi connectivity index (χ1) is 15.7. The third-order valence-corrected chi connectivity index (χ3v) is 7.32. The molecule has 3 aliphatic heterocycles. The number of rotatable bonds is 5. The Balaban J connectivity index is 1.26. The van der Waals surface area contributed by atoms with Crippen LogP contribution >= 0.6 is 0 Å². The highest BCUT2D eigenvalue weighted by Gasteiger charge is 2.42. The number of carbonyl (C=O) groups is 1. The van der Waals surface area contributed by atoms with Gasteiger partial charge < -0.3 is 15.4 Å². The van der Waals surface area contributed by atoms with Gasteiger partial charge in [0.25, 0.3) is 0 Å². The SMILES string of the molecule is O=C(CC1CC2(CCNCC2)Oc2ccccc21)Nc1cccc(CN2CCCCC2)c1. The fourth-order valence-corrected chi connectivity index (χ4v) is 5.67. The molecular weight excluding hydrogens is 398 g/mol. The molecule has 2 aromatic carbocycles. The van der Waals surface area contributed by atoms with Gasteiger partial charge in [-0.25, -0.2) is 0 Å². The van der Waals surface area contributed by atoms with Crippen LogP contribution in [0.25, 0.3) is 0 Å². The predicted octanol–water partition coefficient (Wildman–Crippen LogP) is 4.69. The Kier molecular flexibility index (Phi) is 6.47. The molecular formula is C27H35N3O2. The van der Waals surface area contributed by atoms with Gasteiger partial charge in [0.15, 0.2) is 0 Å². The molecule has 0 radical (unpaired) electrons. The summed E-state index contributed by atoms with van der Waals surface area (Å²) in [6.07, 6.45) is 7.33. The van der Waals surface area contributed by atoms with E-state index in [9.17, 15) is 4.79 Å². The summed E-state index contributed by atoms with van der Waals surface area (Å²) in [5.41, 5.74) is 3.21. The molecule has 2 aromatic rings. The Bertz CT molecular complexity index is 932. The normalized spacial score (nSPS) is 22.7. The number of fused-ring (bicyclic) bond motifs is 1. The van der Waals surface area contributed by atoms with Crippen LogP contribution in [0.4, 0.5) is 5.69 Å². The van der Waals surface area contributed by atoms with Gasteiger partial charge in [-0.3, -0.25) is 9.69 Å². The molecule has 170 valence electrons. The number of para-hydroxylation sites is 1. The first-order valence-corrected chi connectivity index (χ1v) is 12.3. The lowest BCUT2D eigenvalue weighted by Gasteiger charge is -2.44. The molecule has 2 N–H and O–H groups in total. The number of benzene rings is 2. The second kappa shape index (κ2) is 9.63. The van der Waals surface area contributed by atoms with E-state index in [1.54, 1.807) is 0 Å². The van der Waals surface area contributed by atoms with Crippen molar-refractivity contribution in [2.75, 3.05) is 31.5 Å². The molecule has 5 rings (SSSR count). The van der Waals surface area contributed by atoms with Gasteiger partial charge in [0, 0.05) is 24.6 Å². The standard InChI is InChI=1S/C27H35N3O2/c31-26(29-23-8-6-7-21(17-23)20-30-15-4-1-5-16-30)18-22-19-27(11-13-28-14-12-27)32-25-10-3-2-9-24(22)25/h2-3,6-10,17,22,28H,1,4-5,11-16,18-20H2,(H,29,31). The fraction of sp³-hybridized carbons (Fsp3) is 0.519. The monoisotopic (exact) mass is 433 g/mol. The van der Waals surface area contributed by atoms with Crippen LogP contribution in [0.15, 0.2) is 48.5 Å². The van der Waals surface area contributed by atoms with E-state index in [1.807, 2.05) is 12.1 Å². The summed E-state index contributed by atoms with van der Waals surface area (Å²) in [5, 5.41) is 6.62. The van der Waals surface area contributed by atoms with Crippen LogP contribution < -0.4 is 15.4 Å². The van der Waals surface area contributed by atoms with Gasteiger partial charge in [-0.05, 0) is 87.6 Å². The van der Waals surface area contributed by atoms with Gasteiger partial charge in [0.05, 0.1) is 0 Å². The molecule has 1 amide bonds. The second-order valence-electron chi connectivity index (χ2n) is 9.76. The van der Waals surface area contributed by atoms with Gasteiger partial charge in [-0.15, -0.1) is 0 Å². The minimum absolute atomic E-state index is 0.0888. The molecule has 2 saturated heterocycles. The van der Waals surface area contributed by atoms with E-state index in [0.29, 0.717) is 6.42 Å². The zero-order valence-electron chi connectivity index (χ0n) is 18.9. The Morgan fingerprint density at radius 2 is 1.88 bits per heavy atom. The van der Waals surface area contributed by atoms with Crippen LogP contribution in [-0.2, 0) is 11.3 Å². The Morgan fingerprint density at radius 3 is 2.72 bits per heavy atom. The number of nitrogens with zero attached hydrogens (tertiary/aromatic N) is 1. The van der Waals surface area contributed by atoms with Gasteiger partial charge in [-0.2, -0.15) is 0 Å². The van der Waals surface area contributed by atoms with E-state index >= 15 is 0 Å². The average molecular weight is 434 g/mol. The average Bonchev–Trinajstić information content (AvgIpc) is 2.80. The maximum Gasteiger partial charge on any atom is 0.224 e. The molecule has 0 bridgehead atoms. The largest absolute Gasteiger partial charge is 0.487 e. The molecule has 3 aliphatic rings. The van der Waals surface area contributed by atoms with E-state index in [2.05, 4.69) is 51.9 Å². The van der Waals surface area contributed by atoms with Crippen molar-refractivity contribution in [1.29, 1.82) is 0 Å². The Hall–Kier alpha value is -2.37. The van der Waals surface area contributed by atoms with Gasteiger partial charge in [0.2, 0.25) is 5.91 Å². The number of amides is 1. The summed E-state index contributed by atoms with van der Waals surface area (Å²) in [6, 6.07) is 16.6. The first-order valence-electron chi connectivity index (χ1n) is 12.3. The minimum Gasteiger partial charge on any atom is -0.487 e. The molecule has 5 heteroatoms. The highest BCUT2D eigenvalue weighted by atomic mass is 16.5. The molecule has 1 spiro atoms. The highest BCUT2D eigenvalue weighted by molar-refractivity contribution is 5.91. The van der Waals surface area contributed by atoms with Gasteiger partial charge in [-0.1, -0.05) is 36.8 Å². The van der Waals surface area contributed by atoms with Crippen LogP contribution in [0.5, 0.6) is 5.75 Å². The lowest BCUT2D eigenvalue weighted by atomic mass is 9.76. The van der Waals surface area contributed by atoms with E-state index in [-0.39, 0.29) is 17.4 Å². The molecule has 2 fully saturated rings. The molecule has 32 heavy (non-hydrogen) atoms. The number of likely N-dealkylation sites (tertiary alicyclic amines) is 1. The van der Waals surface area contributed by atoms with Crippen molar-refractivity contribution in [1.82, 2.24) is 10.2 Å². The number of piperidine rings is 2. The van der Waals surface area contributed by atoms with Crippen molar-refractivity contribution in [3.8, 4) is 5.75 Å². The molecule has 0 aromatic heterocycles. The molecule has 0 aliphatic carbocycles. The van der Waals surface area contributed by atoms with E-state index in [1.165, 1.54) is 43.5 Å². The van der Waals surface area contributed by atoms with Crippen LogP contribution in [0.3, 0.4) is 0 Å². The quantitative estimate of drug-likeness (QED) is 0.718. The van der Waals surface area contributed by atoms with Crippen molar-refractivity contribution >= 4 is 11.6 Å². The van der Waals surface area contributed by atoms with E-state index < -0.39 is 0 Å². The molecule has 5 nitrogen and oxygen atoms in total. The number of ether oxygens (including phenoxy) is 1. The molecule has 1 unspecified atom stereocenters. The van der Waals surface area contributed by atoms with Gasteiger partial charge in [0.1, 0.15) is 11.4 Å². The highest BCUT2D eigenvalue weighted by Crippen LogP contribution is 2.45. The zero-order chi connectivity index (χ0) is 21.8. The van der Waals surface area contributed by atoms with Crippen molar-refractivity contribution in [2.45, 2.75) is 63.0 Å². The lowest BCUT2D eigenvalue weighted by Crippen LogP contribution is -2.49. The Labute approximate surface area is 191 Å². The predicted molar refractivity (Wildman–Crippen MR) is 128 cm³/mol. The van der Waals surface area contributed by atoms with Crippen molar-refractivity contribution in [2.24, 2.45) is 0 Å². The summed E-state index contributed by atoms with van der Waals surface area (Å²) in [7, 11) is 0.